The third-order valence-electron chi connectivity index (χ3n) is 3.54. The van der Waals surface area contributed by atoms with Crippen LogP contribution in [0.25, 0.3) is 0 Å². The maximum Gasteiger partial charge on any atom is 0.168 e. The topological polar surface area (TPSA) is 65.1 Å². The van der Waals surface area contributed by atoms with Crippen LogP contribution < -0.4 is 16.0 Å². The van der Waals surface area contributed by atoms with E-state index >= 15 is 0 Å². The van der Waals surface area contributed by atoms with Gasteiger partial charge in [0.1, 0.15) is 0 Å². The van der Waals surface area contributed by atoms with Crippen molar-refractivity contribution in [3.8, 4) is 5.75 Å². The van der Waals surface area contributed by atoms with E-state index in [1.54, 1.807) is 22.9 Å². The molecule has 3 N–H and O–H groups in total. The molecule has 1 aromatic carbocycles. The molecule has 2 rings (SSSR count). The van der Waals surface area contributed by atoms with Gasteiger partial charge in [-0.05, 0) is 24.5 Å². The third-order valence-corrected chi connectivity index (χ3v) is 3.54. The molecular weight excluding hydrogens is 271 g/mol. The number of hydrogen-bond acceptors (Lipinski definition) is 4. The minimum Gasteiger partial charge on any atom is -0.494 e. The molecule has 0 aliphatic rings. The SMILES string of the molecule is CCc1nn(C)cc1C(Cc1cccc(OC)c1F)NN. The first-order chi connectivity index (χ1) is 10.1. The van der Waals surface area contributed by atoms with Gasteiger partial charge in [-0.2, -0.15) is 5.10 Å². The number of nitrogens with two attached hydrogens (primary N) is 1. The van der Waals surface area contributed by atoms with Crippen LogP contribution in [0.1, 0.15) is 29.8 Å². The summed E-state index contributed by atoms with van der Waals surface area (Å²) in [4.78, 5) is 0. The van der Waals surface area contributed by atoms with E-state index in [0.717, 1.165) is 17.7 Å². The Morgan fingerprint density at radius 1 is 1.48 bits per heavy atom. The smallest absolute Gasteiger partial charge is 0.168 e. The number of halogens is 1. The minimum atomic E-state index is -0.345. The molecule has 0 bridgehead atoms. The first-order valence-corrected chi connectivity index (χ1v) is 6.90. The molecule has 6 heteroatoms. The summed E-state index contributed by atoms with van der Waals surface area (Å²) in [6.07, 6.45) is 3.15. The molecule has 21 heavy (non-hydrogen) atoms. The highest BCUT2D eigenvalue weighted by molar-refractivity contribution is 5.33. The summed E-state index contributed by atoms with van der Waals surface area (Å²) in [5, 5.41) is 4.40. The molecule has 1 aromatic heterocycles. The van der Waals surface area contributed by atoms with E-state index in [4.69, 9.17) is 10.6 Å². The van der Waals surface area contributed by atoms with Gasteiger partial charge in [-0.1, -0.05) is 19.1 Å². The fourth-order valence-corrected chi connectivity index (χ4v) is 2.47. The van der Waals surface area contributed by atoms with Crippen LogP contribution in [0, 0.1) is 5.82 Å². The van der Waals surface area contributed by atoms with Crippen LogP contribution in [0.2, 0.25) is 0 Å². The van der Waals surface area contributed by atoms with E-state index in [2.05, 4.69) is 10.5 Å². The van der Waals surface area contributed by atoms with Crippen LogP contribution >= 0.6 is 0 Å². The average Bonchev–Trinajstić information content (AvgIpc) is 2.87. The summed E-state index contributed by atoms with van der Waals surface area (Å²) in [7, 11) is 3.32. The summed E-state index contributed by atoms with van der Waals surface area (Å²) in [6.45, 7) is 2.03. The fourth-order valence-electron chi connectivity index (χ4n) is 2.47. The number of hydrazine groups is 1. The Kier molecular flexibility index (Phi) is 4.93. The van der Waals surface area contributed by atoms with Gasteiger partial charge in [0.05, 0.1) is 18.8 Å². The second-order valence-corrected chi connectivity index (χ2v) is 4.92. The van der Waals surface area contributed by atoms with E-state index in [-0.39, 0.29) is 17.6 Å². The molecule has 5 nitrogen and oxygen atoms in total. The van der Waals surface area contributed by atoms with Crippen LogP contribution in [0.15, 0.2) is 24.4 Å². The molecule has 1 unspecified atom stereocenters. The third kappa shape index (κ3) is 3.22. The monoisotopic (exact) mass is 292 g/mol. The standard InChI is InChI=1S/C15H21FN4O/c1-4-12-11(9-20(2)19-12)13(18-17)8-10-6-5-7-14(21-3)15(10)16/h5-7,9,13,18H,4,8,17H2,1-3H3. The molecule has 0 radical (unpaired) electrons. The van der Waals surface area contributed by atoms with Crippen molar-refractivity contribution in [2.45, 2.75) is 25.8 Å². The van der Waals surface area contributed by atoms with Gasteiger partial charge in [0.25, 0.3) is 0 Å². The Balaban J connectivity index is 2.31. The second-order valence-electron chi connectivity index (χ2n) is 4.92. The summed E-state index contributed by atoms with van der Waals surface area (Å²) in [6, 6.07) is 4.92. The van der Waals surface area contributed by atoms with Gasteiger partial charge in [0, 0.05) is 18.8 Å². The Bertz CT molecular complexity index is 612. The fraction of sp³-hybridized carbons (Fsp3) is 0.400. The number of nitrogens with one attached hydrogen (secondary N) is 1. The van der Waals surface area contributed by atoms with Crippen LogP contribution in [0.4, 0.5) is 4.39 Å². The molecule has 0 spiro atoms. The molecule has 0 aliphatic carbocycles. The molecule has 0 fully saturated rings. The normalized spacial score (nSPS) is 12.4. The number of aryl methyl sites for hydroxylation is 2. The van der Waals surface area contributed by atoms with Crippen LogP contribution in [-0.4, -0.2) is 16.9 Å². The van der Waals surface area contributed by atoms with Crippen LogP contribution in [-0.2, 0) is 19.9 Å². The lowest BCUT2D eigenvalue weighted by molar-refractivity contribution is 0.382. The van der Waals surface area contributed by atoms with Gasteiger partial charge in [0.15, 0.2) is 11.6 Å². The Morgan fingerprint density at radius 2 is 2.24 bits per heavy atom. The second kappa shape index (κ2) is 6.69. The van der Waals surface area contributed by atoms with Crippen molar-refractivity contribution in [2.24, 2.45) is 12.9 Å². The number of methoxy groups -OCH3 is 1. The highest BCUT2D eigenvalue weighted by Crippen LogP contribution is 2.26. The maximum absolute atomic E-state index is 14.3. The first kappa shape index (κ1) is 15.5. The van der Waals surface area contributed by atoms with Gasteiger partial charge in [-0.3, -0.25) is 16.0 Å². The van der Waals surface area contributed by atoms with E-state index in [9.17, 15) is 4.39 Å². The van der Waals surface area contributed by atoms with Crippen molar-refractivity contribution in [1.82, 2.24) is 15.2 Å². The van der Waals surface area contributed by atoms with Gasteiger partial charge >= 0.3 is 0 Å². The van der Waals surface area contributed by atoms with E-state index in [1.807, 2.05) is 20.2 Å². The number of benzene rings is 1. The highest BCUT2D eigenvalue weighted by Gasteiger charge is 2.19. The van der Waals surface area contributed by atoms with Gasteiger partial charge in [-0.25, -0.2) is 4.39 Å². The number of rotatable bonds is 6. The van der Waals surface area contributed by atoms with Crippen molar-refractivity contribution in [3.05, 3.63) is 47.0 Å². The van der Waals surface area contributed by atoms with Gasteiger partial charge in [0.2, 0.25) is 0 Å². The predicted molar refractivity (Wildman–Crippen MR) is 79.3 cm³/mol. The molecule has 0 amide bonds. The largest absolute Gasteiger partial charge is 0.494 e. The summed E-state index contributed by atoms with van der Waals surface area (Å²) in [5.74, 6) is 5.56. The van der Waals surface area contributed by atoms with Crippen molar-refractivity contribution >= 4 is 0 Å². The Hall–Kier alpha value is -1.92. The molecule has 2 aromatic rings. The molecule has 1 heterocycles. The zero-order valence-corrected chi connectivity index (χ0v) is 12.6. The Labute approximate surface area is 123 Å². The first-order valence-electron chi connectivity index (χ1n) is 6.90. The van der Waals surface area contributed by atoms with E-state index < -0.39 is 0 Å². The number of hydrogen-bond donors (Lipinski definition) is 2. The molecular formula is C15H21FN4O. The summed E-state index contributed by atoms with van der Waals surface area (Å²) < 4.78 is 21.0. The number of ether oxygens (including phenoxy) is 1. The summed E-state index contributed by atoms with van der Waals surface area (Å²) in [5.41, 5.74) is 5.27. The van der Waals surface area contributed by atoms with E-state index in [0.29, 0.717) is 12.0 Å². The average molecular weight is 292 g/mol. The van der Waals surface area contributed by atoms with Gasteiger partial charge in [-0.15, -0.1) is 0 Å². The molecule has 0 saturated heterocycles. The Morgan fingerprint density at radius 3 is 2.86 bits per heavy atom. The van der Waals surface area contributed by atoms with Crippen molar-refractivity contribution in [3.63, 3.8) is 0 Å². The minimum absolute atomic E-state index is 0.199. The van der Waals surface area contributed by atoms with Crippen molar-refractivity contribution in [2.75, 3.05) is 7.11 Å². The lowest BCUT2D eigenvalue weighted by Crippen LogP contribution is -2.30. The van der Waals surface area contributed by atoms with Gasteiger partial charge < -0.3 is 4.74 Å². The van der Waals surface area contributed by atoms with Crippen molar-refractivity contribution in [1.29, 1.82) is 0 Å². The number of nitrogens with zero attached hydrogens (tertiary/aromatic N) is 2. The quantitative estimate of drug-likeness (QED) is 0.630. The zero-order chi connectivity index (χ0) is 15.4. The lowest BCUT2D eigenvalue weighted by atomic mass is 9.98. The predicted octanol–water partition coefficient (Wildman–Crippen LogP) is 1.88. The molecule has 0 saturated carbocycles. The summed E-state index contributed by atoms with van der Waals surface area (Å²) >= 11 is 0. The molecule has 114 valence electrons. The van der Waals surface area contributed by atoms with Crippen LogP contribution in [0.5, 0.6) is 5.75 Å². The zero-order valence-electron chi connectivity index (χ0n) is 12.6. The molecule has 1 atom stereocenters. The maximum atomic E-state index is 14.3. The van der Waals surface area contributed by atoms with Crippen LogP contribution in [0.3, 0.4) is 0 Å². The van der Waals surface area contributed by atoms with E-state index in [1.165, 1.54) is 7.11 Å². The van der Waals surface area contributed by atoms with Crippen molar-refractivity contribution < 1.29 is 9.13 Å². The highest BCUT2D eigenvalue weighted by atomic mass is 19.1. The number of aromatic nitrogens is 2. The lowest BCUT2D eigenvalue weighted by Gasteiger charge is -2.17. The molecule has 0 aliphatic heterocycles.